The van der Waals surface area contributed by atoms with E-state index in [1.807, 2.05) is 91.5 Å². The molecule has 0 fully saturated rings. The highest BCUT2D eigenvalue weighted by Crippen LogP contribution is 2.18. The van der Waals surface area contributed by atoms with Crippen molar-refractivity contribution in [1.82, 2.24) is 14.4 Å². The molecule has 170 valence electrons. The van der Waals surface area contributed by atoms with Crippen LogP contribution in [0.25, 0.3) is 10.8 Å². The first kappa shape index (κ1) is 22.4. The summed E-state index contributed by atoms with van der Waals surface area (Å²) in [5.74, 6) is 0.461. The number of carbonyl (C=O) groups is 2. The van der Waals surface area contributed by atoms with Gasteiger partial charge in [-0.15, -0.1) is 0 Å². The zero-order valence-corrected chi connectivity index (χ0v) is 19.1. The zero-order chi connectivity index (χ0) is 23.2. The van der Waals surface area contributed by atoms with E-state index >= 15 is 0 Å². The quantitative estimate of drug-likeness (QED) is 0.371. The Hall–Kier alpha value is -3.80. The minimum atomic E-state index is -0.132. The molecule has 0 atom stereocenters. The molecule has 2 aromatic carbocycles. The molecule has 0 aliphatic rings. The van der Waals surface area contributed by atoms with Crippen LogP contribution in [0.1, 0.15) is 35.2 Å². The molecule has 2 heterocycles. The van der Waals surface area contributed by atoms with Crippen LogP contribution < -0.4 is 0 Å². The van der Waals surface area contributed by atoms with Crippen LogP contribution in [0.4, 0.5) is 0 Å². The summed E-state index contributed by atoms with van der Waals surface area (Å²) in [6.07, 6.45) is 4.33. The summed E-state index contributed by atoms with van der Waals surface area (Å²) < 4.78 is 7.49. The standard InChI is InChI=1S/C27H29N3O3/c1-3-14-29(27(32)23-13-12-21-8-4-5-9-22(21)17-23)20-26(31)30(19-25-11-7-16-33-25)18-24-10-6-15-28(24)2/h4-13,15-17H,3,14,18-20H2,1-2H3. The summed E-state index contributed by atoms with van der Waals surface area (Å²) in [6, 6.07) is 21.3. The van der Waals surface area contributed by atoms with Gasteiger partial charge in [0.05, 0.1) is 19.4 Å². The molecule has 2 amide bonds. The van der Waals surface area contributed by atoms with E-state index in [4.69, 9.17) is 4.42 Å². The van der Waals surface area contributed by atoms with Crippen molar-refractivity contribution in [2.75, 3.05) is 13.1 Å². The first-order chi connectivity index (χ1) is 16.0. The lowest BCUT2D eigenvalue weighted by molar-refractivity contribution is -0.133. The minimum absolute atomic E-state index is 0.0185. The van der Waals surface area contributed by atoms with E-state index in [9.17, 15) is 9.59 Å². The Kier molecular flexibility index (Phi) is 6.93. The smallest absolute Gasteiger partial charge is 0.254 e. The normalized spacial score (nSPS) is 11.0. The molecule has 2 aromatic heterocycles. The Morgan fingerprint density at radius 2 is 1.73 bits per heavy atom. The van der Waals surface area contributed by atoms with Crippen molar-refractivity contribution in [3.8, 4) is 0 Å². The molecule has 0 bridgehead atoms. The fourth-order valence-corrected chi connectivity index (χ4v) is 3.97. The van der Waals surface area contributed by atoms with Gasteiger partial charge in [-0.1, -0.05) is 37.3 Å². The number of benzene rings is 2. The number of fused-ring (bicyclic) bond motifs is 1. The van der Waals surface area contributed by atoms with Crippen molar-refractivity contribution >= 4 is 22.6 Å². The highest BCUT2D eigenvalue weighted by Gasteiger charge is 2.23. The summed E-state index contributed by atoms with van der Waals surface area (Å²) in [5.41, 5.74) is 1.60. The van der Waals surface area contributed by atoms with Gasteiger partial charge in [0.15, 0.2) is 0 Å². The van der Waals surface area contributed by atoms with E-state index in [0.717, 1.165) is 22.9 Å². The number of rotatable bonds is 9. The summed E-state index contributed by atoms with van der Waals surface area (Å²) in [7, 11) is 1.96. The maximum atomic E-state index is 13.4. The molecular formula is C27H29N3O3. The second-order valence-corrected chi connectivity index (χ2v) is 8.23. The number of nitrogens with zero attached hydrogens (tertiary/aromatic N) is 3. The average molecular weight is 444 g/mol. The van der Waals surface area contributed by atoms with E-state index in [1.165, 1.54) is 0 Å². The summed E-state index contributed by atoms with van der Waals surface area (Å²) in [4.78, 5) is 30.2. The molecule has 0 aliphatic heterocycles. The van der Waals surface area contributed by atoms with Crippen molar-refractivity contribution in [2.24, 2.45) is 7.05 Å². The Morgan fingerprint density at radius 3 is 2.42 bits per heavy atom. The van der Waals surface area contributed by atoms with Crippen LogP contribution in [-0.2, 0) is 24.9 Å². The topological polar surface area (TPSA) is 58.7 Å². The largest absolute Gasteiger partial charge is 0.467 e. The van der Waals surface area contributed by atoms with Gasteiger partial charge in [0.25, 0.3) is 5.91 Å². The van der Waals surface area contributed by atoms with E-state index in [2.05, 4.69) is 0 Å². The molecular weight excluding hydrogens is 414 g/mol. The maximum Gasteiger partial charge on any atom is 0.254 e. The van der Waals surface area contributed by atoms with Crippen LogP contribution in [0.3, 0.4) is 0 Å². The third kappa shape index (κ3) is 5.34. The van der Waals surface area contributed by atoms with Crippen LogP contribution in [0.5, 0.6) is 0 Å². The Morgan fingerprint density at radius 1 is 0.909 bits per heavy atom. The number of aryl methyl sites for hydroxylation is 1. The van der Waals surface area contributed by atoms with Crippen LogP contribution in [0.15, 0.2) is 83.6 Å². The SMILES string of the molecule is CCCN(CC(=O)N(Cc1ccco1)Cc1cccn1C)C(=O)c1ccc2ccccc2c1. The number of hydrogen-bond donors (Lipinski definition) is 0. The number of carbonyl (C=O) groups excluding carboxylic acids is 2. The first-order valence-corrected chi connectivity index (χ1v) is 11.2. The van der Waals surface area contributed by atoms with Crippen LogP contribution >= 0.6 is 0 Å². The van der Waals surface area contributed by atoms with Crippen LogP contribution in [0, 0.1) is 0 Å². The summed E-state index contributed by atoms with van der Waals surface area (Å²) in [6.45, 7) is 3.32. The van der Waals surface area contributed by atoms with Gasteiger partial charge >= 0.3 is 0 Å². The van der Waals surface area contributed by atoms with Gasteiger partial charge in [0.2, 0.25) is 5.91 Å². The fourth-order valence-electron chi connectivity index (χ4n) is 3.97. The Bertz CT molecular complexity index is 1230. The van der Waals surface area contributed by atoms with E-state index < -0.39 is 0 Å². The molecule has 4 rings (SSSR count). The lowest BCUT2D eigenvalue weighted by atomic mass is 10.1. The number of hydrogen-bond acceptors (Lipinski definition) is 3. The van der Waals surface area contributed by atoms with Gasteiger partial charge in [-0.05, 0) is 53.6 Å². The van der Waals surface area contributed by atoms with Gasteiger partial charge in [-0.3, -0.25) is 9.59 Å². The molecule has 0 saturated heterocycles. The maximum absolute atomic E-state index is 13.4. The van der Waals surface area contributed by atoms with Gasteiger partial charge < -0.3 is 18.8 Å². The highest BCUT2D eigenvalue weighted by atomic mass is 16.3. The predicted octanol–water partition coefficient (Wildman–Crippen LogP) is 4.85. The number of furan rings is 1. The first-order valence-electron chi connectivity index (χ1n) is 11.2. The third-order valence-corrected chi connectivity index (χ3v) is 5.79. The summed E-state index contributed by atoms with van der Waals surface area (Å²) in [5, 5.41) is 2.09. The molecule has 0 spiro atoms. The van der Waals surface area contributed by atoms with Gasteiger partial charge in [-0.25, -0.2) is 0 Å². The molecule has 0 unspecified atom stereocenters. The number of aromatic nitrogens is 1. The van der Waals surface area contributed by atoms with Crippen LogP contribution in [0.2, 0.25) is 0 Å². The molecule has 6 heteroatoms. The van der Waals surface area contributed by atoms with Gasteiger partial charge in [-0.2, -0.15) is 0 Å². The van der Waals surface area contributed by atoms with Crippen molar-refractivity contribution in [3.63, 3.8) is 0 Å². The van der Waals surface area contributed by atoms with Gasteiger partial charge in [0, 0.05) is 31.0 Å². The Balaban J connectivity index is 1.54. The molecule has 0 radical (unpaired) electrons. The lowest BCUT2D eigenvalue weighted by Gasteiger charge is -2.27. The average Bonchev–Trinajstić information content (AvgIpc) is 3.49. The molecule has 33 heavy (non-hydrogen) atoms. The van der Waals surface area contributed by atoms with Crippen molar-refractivity contribution in [3.05, 3.63) is 96.2 Å². The van der Waals surface area contributed by atoms with E-state index in [1.54, 1.807) is 16.1 Å². The van der Waals surface area contributed by atoms with Crippen molar-refractivity contribution in [1.29, 1.82) is 0 Å². The molecule has 6 nitrogen and oxygen atoms in total. The zero-order valence-electron chi connectivity index (χ0n) is 19.1. The fraction of sp³-hybridized carbons (Fsp3) is 0.259. The number of amides is 2. The molecule has 0 aliphatic carbocycles. The van der Waals surface area contributed by atoms with Gasteiger partial charge in [0.1, 0.15) is 12.3 Å². The van der Waals surface area contributed by atoms with E-state index in [-0.39, 0.29) is 18.4 Å². The minimum Gasteiger partial charge on any atom is -0.467 e. The molecule has 4 aromatic rings. The van der Waals surface area contributed by atoms with Crippen LogP contribution in [-0.4, -0.2) is 39.3 Å². The monoisotopic (exact) mass is 443 g/mol. The summed E-state index contributed by atoms with van der Waals surface area (Å²) >= 11 is 0. The molecule has 0 N–H and O–H groups in total. The second kappa shape index (κ2) is 10.2. The molecule has 0 saturated carbocycles. The van der Waals surface area contributed by atoms with Crippen molar-refractivity contribution < 1.29 is 14.0 Å². The van der Waals surface area contributed by atoms with Crippen molar-refractivity contribution in [2.45, 2.75) is 26.4 Å². The predicted molar refractivity (Wildman–Crippen MR) is 129 cm³/mol. The highest BCUT2D eigenvalue weighted by molar-refractivity contribution is 6.00. The Labute approximate surface area is 194 Å². The lowest BCUT2D eigenvalue weighted by Crippen LogP contribution is -2.43. The van der Waals surface area contributed by atoms with E-state index in [0.29, 0.717) is 31.0 Å². The third-order valence-electron chi connectivity index (χ3n) is 5.79. The second-order valence-electron chi connectivity index (χ2n) is 8.23.